The van der Waals surface area contributed by atoms with Crippen molar-refractivity contribution in [1.82, 2.24) is 15.1 Å². The van der Waals surface area contributed by atoms with Gasteiger partial charge in [-0.25, -0.2) is 0 Å². The van der Waals surface area contributed by atoms with E-state index in [9.17, 15) is 4.79 Å². The molecule has 0 aliphatic carbocycles. The highest BCUT2D eigenvalue weighted by Crippen LogP contribution is 2.19. The number of fused-ring (bicyclic) bond motifs is 1. The lowest BCUT2D eigenvalue weighted by Crippen LogP contribution is -2.36. The number of carbonyl (C=O) groups is 1. The van der Waals surface area contributed by atoms with Crippen molar-refractivity contribution in [2.45, 2.75) is 19.4 Å². The van der Waals surface area contributed by atoms with E-state index in [1.54, 1.807) is 6.07 Å². The predicted molar refractivity (Wildman–Crippen MR) is 106 cm³/mol. The Hall–Kier alpha value is -3.21. The summed E-state index contributed by atoms with van der Waals surface area (Å²) in [5.41, 5.74) is 4.20. The Balaban J connectivity index is 1.34. The smallest absolute Gasteiger partial charge is 0.274 e. The second-order valence-corrected chi connectivity index (χ2v) is 6.71. The van der Waals surface area contributed by atoms with Gasteiger partial charge in [0.1, 0.15) is 5.82 Å². The zero-order chi connectivity index (χ0) is 18.5. The van der Waals surface area contributed by atoms with E-state index in [-0.39, 0.29) is 5.91 Å². The highest BCUT2D eigenvalue weighted by molar-refractivity contribution is 5.92. The fraction of sp³-hybridized carbons (Fsp3) is 0.227. The van der Waals surface area contributed by atoms with E-state index in [2.05, 4.69) is 39.8 Å². The third-order valence-electron chi connectivity index (χ3n) is 4.86. The van der Waals surface area contributed by atoms with Crippen LogP contribution in [-0.2, 0) is 19.4 Å². The van der Waals surface area contributed by atoms with Gasteiger partial charge in [0, 0.05) is 19.6 Å². The summed E-state index contributed by atoms with van der Waals surface area (Å²) in [6, 6.07) is 22.1. The van der Waals surface area contributed by atoms with Crippen molar-refractivity contribution in [2.75, 3.05) is 18.4 Å². The molecule has 0 radical (unpaired) electrons. The summed E-state index contributed by atoms with van der Waals surface area (Å²) in [6.45, 7) is 2.12. The molecule has 27 heavy (non-hydrogen) atoms. The number of hydrogen-bond donors (Lipinski definition) is 1. The van der Waals surface area contributed by atoms with Crippen LogP contribution in [0.4, 0.5) is 5.82 Å². The lowest BCUT2D eigenvalue weighted by atomic mass is 10.00. The minimum atomic E-state index is -0.0622. The van der Waals surface area contributed by atoms with Gasteiger partial charge in [-0.3, -0.25) is 4.79 Å². The Bertz CT molecular complexity index is 909. The van der Waals surface area contributed by atoms with Crippen LogP contribution in [0.25, 0.3) is 0 Å². The van der Waals surface area contributed by atoms with Crippen LogP contribution in [0.3, 0.4) is 0 Å². The second kappa shape index (κ2) is 7.99. The number of amides is 1. The van der Waals surface area contributed by atoms with Gasteiger partial charge in [0.05, 0.1) is 0 Å². The fourth-order valence-electron chi connectivity index (χ4n) is 3.35. The van der Waals surface area contributed by atoms with Crippen LogP contribution < -0.4 is 5.32 Å². The van der Waals surface area contributed by atoms with Crippen molar-refractivity contribution in [3.05, 3.63) is 89.1 Å². The van der Waals surface area contributed by atoms with Crippen LogP contribution in [0.2, 0.25) is 0 Å². The maximum absolute atomic E-state index is 12.7. The minimum Gasteiger partial charge on any atom is -0.368 e. The van der Waals surface area contributed by atoms with Crippen molar-refractivity contribution in [2.24, 2.45) is 0 Å². The minimum absolute atomic E-state index is 0.0622. The van der Waals surface area contributed by atoms with Crippen LogP contribution in [0.15, 0.2) is 66.7 Å². The summed E-state index contributed by atoms with van der Waals surface area (Å²) in [4.78, 5) is 14.6. The molecule has 1 N–H and O–H groups in total. The summed E-state index contributed by atoms with van der Waals surface area (Å²) in [5.74, 6) is 0.624. The largest absolute Gasteiger partial charge is 0.368 e. The van der Waals surface area contributed by atoms with Crippen LogP contribution in [0.5, 0.6) is 0 Å². The number of nitrogens with zero attached hydrogens (tertiary/aromatic N) is 3. The van der Waals surface area contributed by atoms with Gasteiger partial charge in [-0.2, -0.15) is 0 Å². The molecule has 2 aromatic carbocycles. The topological polar surface area (TPSA) is 58.1 Å². The molecule has 0 atom stereocenters. The summed E-state index contributed by atoms with van der Waals surface area (Å²) >= 11 is 0. The van der Waals surface area contributed by atoms with E-state index in [0.717, 1.165) is 19.4 Å². The maximum atomic E-state index is 12.7. The number of hydrogen-bond acceptors (Lipinski definition) is 4. The molecular formula is C22H22N4O. The average Bonchev–Trinajstić information content (AvgIpc) is 2.74. The average molecular weight is 358 g/mol. The molecule has 0 fully saturated rings. The highest BCUT2D eigenvalue weighted by atomic mass is 16.2. The SMILES string of the molecule is O=C(c1ccc(NCCc2ccccc2)nn1)N1CCc2ccccc2C1. The van der Waals surface area contributed by atoms with E-state index in [1.165, 1.54) is 16.7 Å². The van der Waals surface area contributed by atoms with Gasteiger partial charge in [-0.05, 0) is 41.7 Å². The number of benzene rings is 2. The molecule has 1 aromatic heterocycles. The molecule has 0 saturated heterocycles. The van der Waals surface area contributed by atoms with Crippen LogP contribution in [-0.4, -0.2) is 34.1 Å². The van der Waals surface area contributed by atoms with Crippen molar-refractivity contribution in [3.63, 3.8) is 0 Å². The Morgan fingerprint density at radius 2 is 1.70 bits per heavy atom. The molecule has 0 unspecified atom stereocenters. The molecule has 136 valence electrons. The summed E-state index contributed by atoms with van der Waals surface area (Å²) in [5, 5.41) is 11.5. The third-order valence-corrected chi connectivity index (χ3v) is 4.86. The van der Waals surface area contributed by atoms with E-state index >= 15 is 0 Å². The Morgan fingerprint density at radius 3 is 2.48 bits per heavy atom. The van der Waals surface area contributed by atoms with Crippen LogP contribution in [0, 0.1) is 0 Å². The molecule has 0 bridgehead atoms. The first-order chi connectivity index (χ1) is 13.3. The first kappa shape index (κ1) is 17.2. The van der Waals surface area contributed by atoms with E-state index in [1.807, 2.05) is 41.3 Å². The molecule has 1 amide bonds. The molecule has 1 aliphatic rings. The normalized spacial score (nSPS) is 13.1. The van der Waals surface area contributed by atoms with Crippen LogP contribution >= 0.6 is 0 Å². The zero-order valence-corrected chi connectivity index (χ0v) is 15.1. The lowest BCUT2D eigenvalue weighted by Gasteiger charge is -2.28. The molecule has 0 saturated carbocycles. The Morgan fingerprint density at radius 1 is 0.926 bits per heavy atom. The Kier molecular flexibility index (Phi) is 5.10. The van der Waals surface area contributed by atoms with Crippen molar-refractivity contribution < 1.29 is 4.79 Å². The first-order valence-corrected chi connectivity index (χ1v) is 9.27. The van der Waals surface area contributed by atoms with Crippen molar-refractivity contribution in [1.29, 1.82) is 0 Å². The summed E-state index contributed by atoms with van der Waals surface area (Å²) < 4.78 is 0. The number of anilines is 1. The monoisotopic (exact) mass is 358 g/mol. The standard InChI is InChI=1S/C22H22N4O/c27-22(26-15-13-18-8-4-5-9-19(18)16-26)20-10-11-21(25-24-20)23-14-12-17-6-2-1-3-7-17/h1-11H,12-16H2,(H,23,25). The molecule has 5 nitrogen and oxygen atoms in total. The fourth-order valence-corrected chi connectivity index (χ4v) is 3.35. The van der Waals surface area contributed by atoms with Gasteiger partial charge in [0.15, 0.2) is 5.69 Å². The summed E-state index contributed by atoms with van der Waals surface area (Å²) in [6.07, 6.45) is 1.80. The molecule has 5 heteroatoms. The van der Waals surface area contributed by atoms with E-state index in [4.69, 9.17) is 0 Å². The quantitative estimate of drug-likeness (QED) is 0.760. The van der Waals surface area contributed by atoms with Gasteiger partial charge >= 0.3 is 0 Å². The molecule has 3 aromatic rings. The van der Waals surface area contributed by atoms with E-state index in [0.29, 0.717) is 24.6 Å². The Labute approximate surface area is 159 Å². The van der Waals surface area contributed by atoms with Gasteiger partial charge < -0.3 is 10.2 Å². The third kappa shape index (κ3) is 4.14. The van der Waals surface area contributed by atoms with E-state index < -0.39 is 0 Å². The molecule has 0 spiro atoms. The number of carbonyl (C=O) groups excluding carboxylic acids is 1. The van der Waals surface area contributed by atoms with Crippen molar-refractivity contribution in [3.8, 4) is 0 Å². The van der Waals surface area contributed by atoms with Gasteiger partial charge in [0.25, 0.3) is 5.91 Å². The molecule has 2 heterocycles. The molecule has 1 aliphatic heterocycles. The number of nitrogens with one attached hydrogen (secondary N) is 1. The maximum Gasteiger partial charge on any atom is 0.274 e. The zero-order valence-electron chi connectivity index (χ0n) is 15.1. The van der Waals surface area contributed by atoms with Crippen molar-refractivity contribution >= 4 is 11.7 Å². The summed E-state index contributed by atoms with van der Waals surface area (Å²) in [7, 11) is 0. The highest BCUT2D eigenvalue weighted by Gasteiger charge is 2.22. The number of rotatable bonds is 5. The van der Waals surface area contributed by atoms with Gasteiger partial charge in [-0.1, -0.05) is 54.6 Å². The second-order valence-electron chi connectivity index (χ2n) is 6.71. The van der Waals surface area contributed by atoms with Gasteiger partial charge in [-0.15, -0.1) is 10.2 Å². The first-order valence-electron chi connectivity index (χ1n) is 9.27. The van der Waals surface area contributed by atoms with Crippen LogP contribution in [0.1, 0.15) is 27.2 Å². The molecule has 4 rings (SSSR count). The molecular weight excluding hydrogens is 336 g/mol. The van der Waals surface area contributed by atoms with Gasteiger partial charge in [0.2, 0.25) is 0 Å². The number of aromatic nitrogens is 2. The predicted octanol–water partition coefficient (Wildman–Crippen LogP) is 3.33. The lowest BCUT2D eigenvalue weighted by molar-refractivity contribution is 0.0727.